The lowest BCUT2D eigenvalue weighted by Gasteiger charge is -2.29. The van der Waals surface area contributed by atoms with Crippen LogP contribution in [-0.4, -0.2) is 193 Å². The molecule has 12 rings (SSSR count). The molecule has 0 aliphatic rings. The van der Waals surface area contributed by atoms with Gasteiger partial charge in [-0.3, -0.25) is 29.0 Å². The number of hydrogen-bond donors (Lipinski definition) is 0. The molecule has 0 N–H and O–H groups in total. The highest BCUT2D eigenvalue weighted by molar-refractivity contribution is 5.98. The molecule has 0 aliphatic carbocycles. The molecule has 0 saturated heterocycles. The fourth-order valence-electron chi connectivity index (χ4n) is 13.5. The molecule has 12 aromatic carbocycles. The maximum Gasteiger partial charge on any atom is 0.352 e. The summed E-state index contributed by atoms with van der Waals surface area (Å²) in [7, 11) is 0. The number of ether oxygens (including phenoxy) is 16. The molecular formula is C110H96N2O32. The zero-order valence-electron chi connectivity index (χ0n) is 77.1. The predicted molar refractivity (Wildman–Crippen MR) is 505 cm³/mol. The molecule has 34 heteroatoms. The Balaban J connectivity index is 0.976. The first-order chi connectivity index (χ1) is 70.0. The SMILES string of the molecule is O=C(CN(CCN(CC(=O)O[C@@H](C(=O)OCc1ccccc1)[C@@H](OC(=O)c1ccccc1)C(=O)OCc1ccccc1)CC(=O)O[C@@H](C(=O)OCc1ccccc1)[C@@H](OC(=O)c1ccccc1)C(=O)OCc1ccccc1)CC(=O)O[C@@H](C(=O)OCc1ccccc1)[C@@H](OC(=O)c1ccccc1)C(=O)OCc1ccccc1)O[C@@H](C(=O)OCc1ccccc1)[C@@H](OC(=O)c1ccccc1)C(=O)OCc1ccccc1. The number of nitrogens with zero attached hydrogens (tertiary/aromatic N) is 2. The van der Waals surface area contributed by atoms with Gasteiger partial charge in [0.05, 0.1) is 48.4 Å². The van der Waals surface area contributed by atoms with Crippen LogP contribution in [0.5, 0.6) is 0 Å². The van der Waals surface area contributed by atoms with Crippen LogP contribution in [0, 0.1) is 0 Å². The van der Waals surface area contributed by atoms with Gasteiger partial charge in [-0.2, -0.15) is 0 Å². The molecule has 0 fully saturated rings. The van der Waals surface area contributed by atoms with Gasteiger partial charge in [-0.1, -0.05) is 315 Å². The minimum atomic E-state index is -2.69. The lowest BCUT2D eigenvalue weighted by molar-refractivity contribution is -0.188. The van der Waals surface area contributed by atoms with Crippen molar-refractivity contribution in [2.45, 2.75) is 102 Å². The fraction of sp³-hybridized carbons (Fsp3) is 0.200. The standard InChI is InChI=1S/C110H96N2O32/c113-87(137-91(103(121)129-67-75-37-13-1-14-38-75)95(141-99(117)83-53-29-9-30-54-83)107(125)133-71-79-45-21-5-22-46-79)63-111(64-88(114)138-92(104(122)130-68-76-39-15-2-16-40-76)96(142-100(118)84-55-31-10-32-56-84)108(126)134-72-80-47-23-6-24-48-80)61-62-112(65-89(115)139-93(105(123)131-69-77-41-17-3-18-42-77)97(143-101(119)85-57-33-11-34-58-85)109(127)135-73-81-49-25-7-26-50-81)66-90(116)140-94(106(124)132-70-78-43-19-4-20-44-78)98(144-102(120)86-59-35-12-36-60-86)110(128)136-74-82-51-27-8-28-52-82/h1-60,91-98H,61-74H2/t91-,92-,93-,94-,95-,96-,97-,98-/m1/s1. The maximum atomic E-state index is 15.7. The smallest absolute Gasteiger partial charge is 0.352 e. The molecule has 0 aromatic heterocycles. The number of carbonyl (C=O) groups excluding carboxylic acids is 16. The van der Waals surface area contributed by atoms with E-state index in [1.54, 1.807) is 267 Å². The van der Waals surface area contributed by atoms with Crippen molar-refractivity contribution >= 4 is 95.5 Å². The first-order valence-corrected chi connectivity index (χ1v) is 44.9. The Labute approximate surface area is 825 Å². The molecule has 0 unspecified atom stereocenters. The minimum Gasteiger partial charge on any atom is -0.458 e. The molecule has 0 saturated carbocycles. The highest BCUT2D eigenvalue weighted by Gasteiger charge is 2.49. The van der Waals surface area contributed by atoms with Crippen molar-refractivity contribution in [1.29, 1.82) is 0 Å². The maximum absolute atomic E-state index is 15.7. The van der Waals surface area contributed by atoms with Gasteiger partial charge in [0.25, 0.3) is 0 Å². The Morgan fingerprint density at radius 1 is 0.160 bits per heavy atom. The topological polar surface area (TPSA) is 427 Å². The monoisotopic (exact) mass is 1960 g/mol. The number of carbonyl (C=O) groups is 16. The number of rotatable bonds is 51. The highest BCUT2D eigenvalue weighted by Crippen LogP contribution is 2.25. The van der Waals surface area contributed by atoms with Crippen LogP contribution >= 0.6 is 0 Å². The molecule has 0 spiro atoms. The Morgan fingerprint density at radius 2 is 0.278 bits per heavy atom. The van der Waals surface area contributed by atoms with Crippen molar-refractivity contribution in [3.05, 3.63) is 431 Å². The van der Waals surface area contributed by atoms with E-state index in [1.807, 2.05) is 0 Å². The Morgan fingerprint density at radius 3 is 0.410 bits per heavy atom. The normalized spacial score (nSPS) is 12.5. The molecule has 8 atom stereocenters. The van der Waals surface area contributed by atoms with Crippen molar-refractivity contribution in [2.24, 2.45) is 0 Å². The van der Waals surface area contributed by atoms with Crippen LogP contribution in [0.3, 0.4) is 0 Å². The van der Waals surface area contributed by atoms with E-state index >= 15 is 38.4 Å². The summed E-state index contributed by atoms with van der Waals surface area (Å²) >= 11 is 0. The Kier molecular flexibility index (Phi) is 40.5. The molecule has 34 nitrogen and oxygen atoms in total. The second-order valence-electron chi connectivity index (χ2n) is 31.6. The Bertz CT molecular complexity index is 5490. The van der Waals surface area contributed by atoms with Gasteiger partial charge in [0.1, 0.15) is 52.9 Å². The summed E-state index contributed by atoms with van der Waals surface area (Å²) in [4.78, 5) is 241. The van der Waals surface area contributed by atoms with Crippen molar-refractivity contribution in [3.8, 4) is 0 Å². The minimum absolute atomic E-state index is 0.204. The van der Waals surface area contributed by atoms with Crippen LogP contribution in [0.2, 0.25) is 0 Å². The van der Waals surface area contributed by atoms with Crippen molar-refractivity contribution < 1.29 is 153 Å². The zero-order chi connectivity index (χ0) is 102. The van der Waals surface area contributed by atoms with Crippen molar-refractivity contribution in [2.75, 3.05) is 39.3 Å². The Hall–Kier alpha value is -17.9. The summed E-state index contributed by atoms with van der Waals surface area (Å²) in [5, 5.41) is 0. The summed E-state index contributed by atoms with van der Waals surface area (Å²) in [6.45, 7) is -12.2. The molecule has 0 amide bonds. The van der Waals surface area contributed by atoms with Crippen LogP contribution < -0.4 is 0 Å². The predicted octanol–water partition coefficient (Wildman–Crippen LogP) is 12.1. The van der Waals surface area contributed by atoms with E-state index in [1.165, 1.54) is 97.1 Å². The fourth-order valence-corrected chi connectivity index (χ4v) is 13.5. The summed E-state index contributed by atoms with van der Waals surface area (Å²) in [6.07, 6.45) is -21.1. The lowest BCUT2D eigenvalue weighted by Crippen LogP contribution is -2.51. The quantitative estimate of drug-likeness (QED) is 0.0252. The van der Waals surface area contributed by atoms with E-state index in [9.17, 15) is 38.4 Å². The van der Waals surface area contributed by atoms with Gasteiger partial charge >= 0.3 is 95.5 Å². The van der Waals surface area contributed by atoms with E-state index in [0.717, 1.165) is 9.80 Å². The molecule has 0 bridgehead atoms. The van der Waals surface area contributed by atoms with Gasteiger partial charge in [-0.15, -0.1) is 0 Å². The van der Waals surface area contributed by atoms with E-state index in [4.69, 9.17) is 75.8 Å². The molecule has 0 radical (unpaired) electrons. The number of benzene rings is 12. The highest BCUT2D eigenvalue weighted by atomic mass is 16.7. The van der Waals surface area contributed by atoms with Crippen LogP contribution in [0.4, 0.5) is 0 Å². The van der Waals surface area contributed by atoms with E-state index in [0.29, 0.717) is 44.5 Å². The summed E-state index contributed by atoms with van der Waals surface area (Å²) < 4.78 is 92.7. The molecule has 0 aliphatic heterocycles. The second-order valence-corrected chi connectivity index (χ2v) is 31.6. The van der Waals surface area contributed by atoms with Gasteiger partial charge in [-0.25, -0.2) is 57.5 Å². The third kappa shape index (κ3) is 34.0. The van der Waals surface area contributed by atoms with Gasteiger partial charge in [0.15, 0.2) is 0 Å². The van der Waals surface area contributed by atoms with E-state index < -0.39 is 236 Å². The second kappa shape index (κ2) is 55.6. The van der Waals surface area contributed by atoms with E-state index in [2.05, 4.69) is 0 Å². The number of esters is 16. The van der Waals surface area contributed by atoms with Crippen LogP contribution in [0.25, 0.3) is 0 Å². The van der Waals surface area contributed by atoms with Gasteiger partial charge in [0, 0.05) is 13.1 Å². The van der Waals surface area contributed by atoms with Crippen molar-refractivity contribution in [1.82, 2.24) is 9.80 Å². The average molecular weight is 1960 g/mol. The summed E-state index contributed by atoms with van der Waals surface area (Å²) in [5.74, 6) is -24.1. The van der Waals surface area contributed by atoms with Gasteiger partial charge in [0.2, 0.25) is 48.8 Å². The van der Waals surface area contributed by atoms with Crippen LogP contribution in [-0.2, 0) is 186 Å². The van der Waals surface area contributed by atoms with Gasteiger partial charge < -0.3 is 75.8 Å². The van der Waals surface area contributed by atoms with Crippen LogP contribution in [0.1, 0.15) is 85.9 Å². The molecule has 144 heavy (non-hydrogen) atoms. The first kappa shape index (κ1) is 105. The third-order valence-electron chi connectivity index (χ3n) is 20.9. The molecule has 738 valence electrons. The van der Waals surface area contributed by atoms with Crippen LogP contribution in [0.15, 0.2) is 364 Å². The molecular weight excluding hydrogens is 1860 g/mol. The van der Waals surface area contributed by atoms with Crippen molar-refractivity contribution in [3.63, 3.8) is 0 Å². The zero-order valence-corrected chi connectivity index (χ0v) is 77.1. The molecule has 0 heterocycles. The average Bonchev–Trinajstić information content (AvgIpc) is 0.837. The summed E-state index contributed by atoms with van der Waals surface area (Å²) in [5.41, 5.74) is 2.02. The lowest BCUT2D eigenvalue weighted by atomic mass is 10.1. The summed E-state index contributed by atoms with van der Waals surface area (Å²) in [6, 6.07) is 91.6. The first-order valence-electron chi connectivity index (χ1n) is 44.9. The van der Waals surface area contributed by atoms with Gasteiger partial charge in [-0.05, 0) is 93.0 Å². The largest absolute Gasteiger partial charge is 0.458 e. The van der Waals surface area contributed by atoms with E-state index in [-0.39, 0.29) is 22.3 Å². The third-order valence-corrected chi connectivity index (χ3v) is 20.9. The number of hydrogen-bond acceptors (Lipinski definition) is 34. The molecule has 12 aromatic rings.